The minimum atomic E-state index is -0.768. The zero-order valence-corrected chi connectivity index (χ0v) is 30.6. The smallest absolute Gasteiger partial charge is 0.303 e. The fourth-order valence-corrected chi connectivity index (χ4v) is 8.98. The molecule has 5 atom stereocenters. The van der Waals surface area contributed by atoms with Crippen molar-refractivity contribution in [1.82, 2.24) is 10.2 Å². The Hall–Kier alpha value is -3.56. The molecule has 3 fully saturated rings. The van der Waals surface area contributed by atoms with Crippen LogP contribution < -0.4 is 5.32 Å². The Labute approximate surface area is 303 Å². The van der Waals surface area contributed by atoms with Gasteiger partial charge < -0.3 is 25.0 Å². The summed E-state index contributed by atoms with van der Waals surface area (Å²) in [6.07, 6.45) is 7.72. The zero-order chi connectivity index (χ0) is 36.0. The highest BCUT2D eigenvalue weighted by atomic mass is 16.7. The molecule has 2 saturated heterocycles. The van der Waals surface area contributed by atoms with Crippen LogP contribution in [-0.4, -0.2) is 52.2 Å². The molecular formula is C43H56N2O6. The number of carbonyl (C=O) groups excluding carboxylic acids is 1. The maximum Gasteiger partial charge on any atom is 0.303 e. The predicted molar refractivity (Wildman–Crippen MR) is 199 cm³/mol. The van der Waals surface area contributed by atoms with Crippen LogP contribution in [0.5, 0.6) is 0 Å². The van der Waals surface area contributed by atoms with E-state index < -0.39 is 12.3 Å². The standard InChI is InChI=1S/C43H56N2O6/c1-42(2)23-36-24-43(3,28-42)29-45(36)26-37-22-38(33-15-13-30(27-46)14-16-33)51-41(50-37)34-19-17-32(18-20-34)35-10-8-9-31(21-35)25-44-39(47)11-6-4-5-7-12-40(48)49/h8-10,13-21,36-38,41,46H,4-7,11-12,22-29H2,1-3H3,(H,44,47)(H,48,49)/t36?,37-,38+,41+,43?/m1/s1. The van der Waals surface area contributed by atoms with Gasteiger partial charge in [-0.3, -0.25) is 14.5 Å². The van der Waals surface area contributed by atoms with Crippen molar-refractivity contribution in [2.45, 2.75) is 123 Å². The van der Waals surface area contributed by atoms with Crippen molar-refractivity contribution in [3.05, 3.63) is 95.1 Å². The first kappa shape index (κ1) is 37.2. The second kappa shape index (κ2) is 16.4. The molecule has 2 heterocycles. The van der Waals surface area contributed by atoms with Crippen LogP contribution in [0.15, 0.2) is 72.8 Å². The number of carboxylic acids is 1. The van der Waals surface area contributed by atoms with Crippen LogP contribution in [0, 0.1) is 10.8 Å². The number of benzene rings is 3. The lowest BCUT2D eigenvalue weighted by molar-refractivity contribution is -0.253. The molecule has 3 aromatic carbocycles. The van der Waals surface area contributed by atoms with Crippen LogP contribution in [0.25, 0.3) is 11.1 Å². The average Bonchev–Trinajstić information content (AvgIpc) is 3.35. The fourth-order valence-electron chi connectivity index (χ4n) is 8.98. The molecule has 0 spiro atoms. The SMILES string of the molecule is CC1(C)CC2CC(C)(CN2C[C@H]2C[C@@H](c3ccc(CO)cc3)O[C@@H](c3ccc(-c4cccc(CNC(=O)CCCCCCC(=O)O)c4)cc3)O2)C1. The molecule has 1 amide bonds. The van der Waals surface area contributed by atoms with Crippen molar-refractivity contribution in [3.63, 3.8) is 0 Å². The number of rotatable bonds is 15. The molecule has 3 aromatic rings. The highest BCUT2D eigenvalue weighted by molar-refractivity contribution is 5.76. The third-order valence-electron chi connectivity index (χ3n) is 11.1. The molecular weight excluding hydrogens is 640 g/mol. The van der Waals surface area contributed by atoms with Gasteiger partial charge in [-0.25, -0.2) is 0 Å². The third kappa shape index (κ3) is 10.1. The van der Waals surface area contributed by atoms with Crippen LogP contribution in [0.4, 0.5) is 0 Å². The van der Waals surface area contributed by atoms with E-state index in [0.717, 1.165) is 72.2 Å². The van der Waals surface area contributed by atoms with Gasteiger partial charge >= 0.3 is 5.97 Å². The molecule has 1 aliphatic carbocycles. The summed E-state index contributed by atoms with van der Waals surface area (Å²) >= 11 is 0. The molecule has 1 saturated carbocycles. The van der Waals surface area contributed by atoms with Gasteiger partial charge in [-0.15, -0.1) is 0 Å². The van der Waals surface area contributed by atoms with Gasteiger partial charge in [0.2, 0.25) is 5.91 Å². The second-order valence-corrected chi connectivity index (χ2v) is 16.4. The number of nitrogens with zero attached hydrogens (tertiary/aromatic N) is 1. The van der Waals surface area contributed by atoms with Crippen LogP contribution in [0.2, 0.25) is 0 Å². The molecule has 2 aliphatic heterocycles. The first-order valence-electron chi connectivity index (χ1n) is 18.9. The van der Waals surface area contributed by atoms with Crippen molar-refractivity contribution in [1.29, 1.82) is 0 Å². The minimum absolute atomic E-state index is 0.0160. The maximum atomic E-state index is 12.4. The van der Waals surface area contributed by atoms with Gasteiger partial charge in [0.25, 0.3) is 0 Å². The number of aliphatic carboxylic acids is 1. The molecule has 274 valence electrons. The normalized spacial score (nSPS) is 25.8. The summed E-state index contributed by atoms with van der Waals surface area (Å²) in [5.41, 5.74) is 6.90. The van der Waals surface area contributed by atoms with E-state index in [-0.39, 0.29) is 31.1 Å². The summed E-state index contributed by atoms with van der Waals surface area (Å²) in [6, 6.07) is 25.4. The summed E-state index contributed by atoms with van der Waals surface area (Å²) in [5, 5.41) is 21.4. The quantitative estimate of drug-likeness (QED) is 0.137. The number of fused-ring (bicyclic) bond motifs is 2. The van der Waals surface area contributed by atoms with Crippen LogP contribution in [0.1, 0.15) is 120 Å². The summed E-state index contributed by atoms with van der Waals surface area (Å²) in [7, 11) is 0. The molecule has 0 aromatic heterocycles. The van der Waals surface area contributed by atoms with E-state index in [2.05, 4.69) is 79.5 Å². The van der Waals surface area contributed by atoms with Crippen molar-refractivity contribution in [3.8, 4) is 11.1 Å². The van der Waals surface area contributed by atoms with Gasteiger partial charge in [0.15, 0.2) is 6.29 Å². The molecule has 2 bridgehead atoms. The molecule has 3 aliphatic rings. The number of hydrogen-bond acceptors (Lipinski definition) is 6. The van der Waals surface area contributed by atoms with Gasteiger partial charge in [-0.1, -0.05) is 100 Å². The number of likely N-dealkylation sites (tertiary alicyclic amines) is 1. The first-order chi connectivity index (χ1) is 24.5. The lowest BCUT2D eigenvalue weighted by atomic mass is 9.65. The molecule has 0 radical (unpaired) electrons. The number of ether oxygens (including phenoxy) is 2. The van der Waals surface area contributed by atoms with Crippen LogP contribution >= 0.6 is 0 Å². The Morgan fingerprint density at radius 1 is 0.843 bits per heavy atom. The topological polar surface area (TPSA) is 108 Å². The summed E-state index contributed by atoms with van der Waals surface area (Å²) in [4.78, 5) is 25.8. The first-order valence-corrected chi connectivity index (χ1v) is 18.9. The highest BCUT2D eigenvalue weighted by Crippen LogP contribution is 2.53. The lowest BCUT2D eigenvalue weighted by Crippen LogP contribution is -2.42. The number of carboxylic acid groups (broad SMARTS) is 1. The Morgan fingerprint density at radius 2 is 1.57 bits per heavy atom. The summed E-state index contributed by atoms with van der Waals surface area (Å²) in [6.45, 7) is 9.81. The van der Waals surface area contributed by atoms with E-state index in [9.17, 15) is 14.7 Å². The maximum absolute atomic E-state index is 12.4. The Balaban J connectivity index is 1.09. The molecule has 8 heteroatoms. The number of nitrogens with one attached hydrogen (secondary N) is 1. The van der Waals surface area contributed by atoms with Crippen LogP contribution in [0.3, 0.4) is 0 Å². The number of aliphatic hydroxyl groups excluding tert-OH is 1. The monoisotopic (exact) mass is 696 g/mol. The largest absolute Gasteiger partial charge is 0.481 e. The Morgan fingerprint density at radius 3 is 2.29 bits per heavy atom. The van der Waals surface area contributed by atoms with E-state index in [1.165, 1.54) is 19.3 Å². The van der Waals surface area contributed by atoms with Gasteiger partial charge in [-0.2, -0.15) is 0 Å². The molecule has 8 nitrogen and oxygen atoms in total. The number of unbranched alkanes of at least 4 members (excludes halogenated alkanes) is 3. The second-order valence-electron chi connectivity index (χ2n) is 16.4. The number of aliphatic hydroxyl groups is 1. The van der Waals surface area contributed by atoms with Crippen molar-refractivity contribution < 1.29 is 29.3 Å². The van der Waals surface area contributed by atoms with E-state index in [1.54, 1.807) is 0 Å². The van der Waals surface area contributed by atoms with E-state index in [0.29, 0.717) is 36.3 Å². The number of amides is 1. The van der Waals surface area contributed by atoms with E-state index in [4.69, 9.17) is 14.6 Å². The van der Waals surface area contributed by atoms with Gasteiger partial charge in [0.05, 0.1) is 18.8 Å². The third-order valence-corrected chi connectivity index (χ3v) is 11.1. The van der Waals surface area contributed by atoms with E-state index in [1.807, 2.05) is 24.3 Å². The Bertz CT molecular complexity index is 1620. The van der Waals surface area contributed by atoms with Crippen molar-refractivity contribution in [2.24, 2.45) is 10.8 Å². The fraction of sp³-hybridized carbons (Fsp3) is 0.535. The van der Waals surface area contributed by atoms with Gasteiger partial charge in [-0.05, 0) is 76.8 Å². The molecule has 3 N–H and O–H groups in total. The Kier molecular flexibility index (Phi) is 12.0. The van der Waals surface area contributed by atoms with Crippen molar-refractivity contribution >= 4 is 11.9 Å². The molecule has 2 unspecified atom stereocenters. The summed E-state index contributed by atoms with van der Waals surface area (Å²) < 4.78 is 13.4. The summed E-state index contributed by atoms with van der Waals surface area (Å²) in [5.74, 6) is -0.752. The van der Waals surface area contributed by atoms with Gasteiger partial charge in [0, 0.05) is 50.5 Å². The average molecular weight is 697 g/mol. The van der Waals surface area contributed by atoms with Gasteiger partial charge in [0.1, 0.15) is 0 Å². The van der Waals surface area contributed by atoms with Crippen molar-refractivity contribution in [2.75, 3.05) is 13.1 Å². The minimum Gasteiger partial charge on any atom is -0.481 e. The molecule has 6 rings (SSSR count). The number of hydrogen-bond donors (Lipinski definition) is 3. The highest BCUT2D eigenvalue weighted by Gasteiger charge is 2.50. The predicted octanol–water partition coefficient (Wildman–Crippen LogP) is 8.33. The zero-order valence-electron chi connectivity index (χ0n) is 30.6. The molecule has 51 heavy (non-hydrogen) atoms. The van der Waals surface area contributed by atoms with E-state index >= 15 is 0 Å². The number of carbonyl (C=O) groups is 2. The van der Waals surface area contributed by atoms with Crippen LogP contribution in [-0.2, 0) is 32.2 Å². The lowest BCUT2D eigenvalue weighted by Gasteiger charge is -2.41.